The average Bonchev–Trinajstić information content (AvgIpc) is 2.68. The van der Waals surface area contributed by atoms with Crippen molar-refractivity contribution in [2.45, 2.75) is 18.3 Å². The predicted molar refractivity (Wildman–Crippen MR) is 97.8 cm³/mol. The molecule has 1 heterocycles. The Morgan fingerprint density at radius 1 is 1.08 bits per heavy atom. The topological polar surface area (TPSA) is 73.6 Å². The zero-order valence-electron chi connectivity index (χ0n) is 14.2. The van der Waals surface area contributed by atoms with Gasteiger partial charge >= 0.3 is 0 Å². The van der Waals surface area contributed by atoms with E-state index in [0.29, 0.717) is 39.2 Å². The summed E-state index contributed by atoms with van der Waals surface area (Å²) in [4.78, 5) is 13.1. The van der Waals surface area contributed by atoms with Crippen LogP contribution in [0.4, 0.5) is 5.69 Å². The lowest BCUT2D eigenvalue weighted by Crippen LogP contribution is -2.44. The Kier molecular flexibility index (Phi) is 5.68. The Hall–Kier alpha value is -2.37. The maximum atomic E-state index is 13.1. The number of carbonyl (C=O) groups is 1. The van der Waals surface area contributed by atoms with Crippen LogP contribution in [-0.2, 0) is 14.9 Å². The van der Waals surface area contributed by atoms with Crippen LogP contribution in [0.2, 0.25) is 0 Å². The van der Waals surface area contributed by atoms with E-state index in [1.807, 2.05) is 54.6 Å². The quantitative estimate of drug-likeness (QED) is 0.848. The number of ether oxygens (including phenoxy) is 2. The Labute approximate surface area is 148 Å². The summed E-state index contributed by atoms with van der Waals surface area (Å²) in [5.74, 6) is 0.755. The molecule has 0 bridgehead atoms. The smallest absolute Gasteiger partial charge is 0.235 e. The molecular weight excluding hydrogens is 316 g/mol. The first kappa shape index (κ1) is 17.5. The summed E-state index contributed by atoms with van der Waals surface area (Å²) in [6.45, 7) is 2.13. The molecular formula is C20H24N2O3. The molecule has 0 atom stereocenters. The molecule has 3 rings (SSSR count). The molecule has 2 aromatic rings. The van der Waals surface area contributed by atoms with Crippen LogP contribution in [0.5, 0.6) is 5.75 Å². The van der Waals surface area contributed by atoms with Gasteiger partial charge in [0, 0.05) is 25.4 Å². The third kappa shape index (κ3) is 4.00. The fraction of sp³-hybridized carbons (Fsp3) is 0.350. The average molecular weight is 340 g/mol. The van der Waals surface area contributed by atoms with Crippen LogP contribution in [-0.4, -0.2) is 32.3 Å². The fourth-order valence-electron chi connectivity index (χ4n) is 3.19. The van der Waals surface area contributed by atoms with E-state index >= 15 is 0 Å². The van der Waals surface area contributed by atoms with Crippen LogP contribution in [0.25, 0.3) is 0 Å². The third-order valence-electron chi connectivity index (χ3n) is 4.61. The monoisotopic (exact) mass is 340 g/mol. The third-order valence-corrected chi connectivity index (χ3v) is 4.61. The largest absolute Gasteiger partial charge is 0.492 e. The number of hydrogen-bond acceptors (Lipinski definition) is 4. The van der Waals surface area contributed by atoms with Gasteiger partial charge in [0.25, 0.3) is 0 Å². The van der Waals surface area contributed by atoms with Gasteiger partial charge in [-0.15, -0.1) is 0 Å². The van der Waals surface area contributed by atoms with E-state index in [4.69, 9.17) is 15.2 Å². The molecule has 5 heteroatoms. The molecule has 25 heavy (non-hydrogen) atoms. The highest BCUT2D eigenvalue weighted by Gasteiger charge is 2.41. The molecule has 0 aromatic heterocycles. The van der Waals surface area contributed by atoms with E-state index in [0.717, 1.165) is 17.0 Å². The summed E-state index contributed by atoms with van der Waals surface area (Å²) in [7, 11) is 0. The van der Waals surface area contributed by atoms with E-state index < -0.39 is 5.41 Å². The zero-order chi connectivity index (χ0) is 17.5. The summed E-state index contributed by atoms with van der Waals surface area (Å²) in [6.07, 6.45) is 1.36. The number of rotatable bonds is 6. The van der Waals surface area contributed by atoms with Crippen molar-refractivity contribution in [1.82, 2.24) is 0 Å². The molecule has 2 aromatic carbocycles. The molecule has 0 spiro atoms. The van der Waals surface area contributed by atoms with Gasteiger partial charge in [-0.25, -0.2) is 0 Å². The van der Waals surface area contributed by atoms with Crippen LogP contribution in [0.1, 0.15) is 18.4 Å². The van der Waals surface area contributed by atoms with Crippen molar-refractivity contribution in [3.05, 3.63) is 60.2 Å². The van der Waals surface area contributed by atoms with Gasteiger partial charge in [0.1, 0.15) is 12.4 Å². The Bertz CT molecular complexity index is 680. The van der Waals surface area contributed by atoms with E-state index in [-0.39, 0.29) is 5.91 Å². The number of carbonyl (C=O) groups excluding carboxylic acids is 1. The highest BCUT2D eigenvalue weighted by atomic mass is 16.5. The predicted octanol–water partition coefficient (Wildman–Crippen LogP) is 2.71. The summed E-state index contributed by atoms with van der Waals surface area (Å²) in [5, 5.41) is 3.06. The summed E-state index contributed by atoms with van der Waals surface area (Å²) < 4.78 is 11.0. The summed E-state index contributed by atoms with van der Waals surface area (Å²) >= 11 is 0. The van der Waals surface area contributed by atoms with E-state index in [1.54, 1.807) is 0 Å². The van der Waals surface area contributed by atoms with Crippen LogP contribution < -0.4 is 15.8 Å². The SMILES string of the molecule is NCCOc1ccc(NC(=O)C2(c3ccccc3)CCOCC2)cc1. The molecule has 1 aliphatic heterocycles. The van der Waals surface area contributed by atoms with Crippen LogP contribution in [0.3, 0.4) is 0 Å². The minimum atomic E-state index is -0.547. The first-order valence-corrected chi connectivity index (χ1v) is 8.62. The lowest BCUT2D eigenvalue weighted by Gasteiger charge is -2.36. The maximum Gasteiger partial charge on any atom is 0.235 e. The highest BCUT2D eigenvalue weighted by molar-refractivity contribution is 5.99. The molecule has 1 aliphatic rings. The zero-order valence-corrected chi connectivity index (χ0v) is 14.2. The number of amides is 1. The number of nitrogens with two attached hydrogens (primary N) is 1. The second-order valence-corrected chi connectivity index (χ2v) is 6.18. The molecule has 1 saturated heterocycles. The van der Waals surface area contributed by atoms with E-state index in [2.05, 4.69) is 5.32 Å². The van der Waals surface area contributed by atoms with Crippen molar-refractivity contribution in [2.24, 2.45) is 5.73 Å². The Morgan fingerprint density at radius 2 is 1.76 bits per heavy atom. The van der Waals surface area contributed by atoms with Crippen LogP contribution in [0, 0.1) is 0 Å². The van der Waals surface area contributed by atoms with Crippen molar-refractivity contribution >= 4 is 11.6 Å². The minimum absolute atomic E-state index is 0.0117. The van der Waals surface area contributed by atoms with Gasteiger partial charge in [-0.1, -0.05) is 30.3 Å². The molecule has 0 unspecified atom stereocenters. The molecule has 1 amide bonds. The van der Waals surface area contributed by atoms with Crippen molar-refractivity contribution in [3.8, 4) is 5.75 Å². The lowest BCUT2D eigenvalue weighted by atomic mass is 9.73. The number of nitrogens with one attached hydrogen (secondary N) is 1. The minimum Gasteiger partial charge on any atom is -0.492 e. The fourth-order valence-corrected chi connectivity index (χ4v) is 3.19. The summed E-state index contributed by atoms with van der Waals surface area (Å²) in [6, 6.07) is 17.3. The molecule has 3 N–H and O–H groups in total. The van der Waals surface area contributed by atoms with Crippen LogP contribution >= 0.6 is 0 Å². The van der Waals surface area contributed by atoms with Gasteiger partial charge in [-0.3, -0.25) is 4.79 Å². The standard InChI is InChI=1S/C20H24N2O3/c21-12-15-25-18-8-6-17(7-9-18)22-19(23)20(10-13-24-14-11-20)16-4-2-1-3-5-16/h1-9H,10-15,21H2,(H,22,23). The van der Waals surface area contributed by atoms with Crippen molar-refractivity contribution in [3.63, 3.8) is 0 Å². The number of anilines is 1. The van der Waals surface area contributed by atoms with Crippen molar-refractivity contribution < 1.29 is 14.3 Å². The van der Waals surface area contributed by atoms with Gasteiger partial charge in [0.2, 0.25) is 5.91 Å². The molecule has 0 aliphatic carbocycles. The molecule has 0 radical (unpaired) electrons. The van der Waals surface area contributed by atoms with Gasteiger partial charge in [-0.2, -0.15) is 0 Å². The van der Waals surface area contributed by atoms with Gasteiger partial charge in [0.05, 0.1) is 5.41 Å². The van der Waals surface area contributed by atoms with Crippen molar-refractivity contribution in [2.75, 3.05) is 31.7 Å². The molecule has 132 valence electrons. The Balaban J connectivity index is 1.77. The van der Waals surface area contributed by atoms with Gasteiger partial charge < -0.3 is 20.5 Å². The lowest BCUT2D eigenvalue weighted by molar-refractivity contribution is -0.125. The molecule has 1 fully saturated rings. The van der Waals surface area contributed by atoms with E-state index in [1.165, 1.54) is 0 Å². The molecule has 5 nitrogen and oxygen atoms in total. The van der Waals surface area contributed by atoms with Gasteiger partial charge in [-0.05, 0) is 42.7 Å². The maximum absolute atomic E-state index is 13.1. The number of benzene rings is 2. The first-order valence-electron chi connectivity index (χ1n) is 8.62. The second-order valence-electron chi connectivity index (χ2n) is 6.18. The first-order chi connectivity index (χ1) is 12.2. The van der Waals surface area contributed by atoms with Gasteiger partial charge in [0.15, 0.2) is 0 Å². The van der Waals surface area contributed by atoms with E-state index in [9.17, 15) is 4.79 Å². The number of hydrogen-bond donors (Lipinski definition) is 2. The normalized spacial score (nSPS) is 16.2. The summed E-state index contributed by atoms with van der Waals surface area (Å²) in [5.41, 5.74) is 6.68. The van der Waals surface area contributed by atoms with Crippen molar-refractivity contribution in [1.29, 1.82) is 0 Å². The second kappa shape index (κ2) is 8.14. The molecule has 0 saturated carbocycles. The highest BCUT2D eigenvalue weighted by Crippen LogP contribution is 2.36. The van der Waals surface area contributed by atoms with Crippen LogP contribution in [0.15, 0.2) is 54.6 Å². The Morgan fingerprint density at radius 3 is 2.40 bits per heavy atom.